The quantitative estimate of drug-likeness (QED) is 0.0176. The summed E-state index contributed by atoms with van der Waals surface area (Å²) in [6.07, 6.45) is 35.4. The van der Waals surface area contributed by atoms with Crippen molar-refractivity contribution in [3.05, 3.63) is 24.3 Å². The minimum absolute atomic E-state index is 0.151. The fourth-order valence-corrected chi connectivity index (χ4v) is 6.84. The Labute approximate surface area is 332 Å². The van der Waals surface area contributed by atoms with E-state index in [1.54, 1.807) is 0 Å². The van der Waals surface area contributed by atoms with Crippen LogP contribution in [0.25, 0.3) is 0 Å². The molecule has 0 saturated carbocycles. The summed E-state index contributed by atoms with van der Waals surface area (Å²) < 4.78 is 38.5. The number of phosphoric acid groups is 1. The summed E-state index contributed by atoms with van der Waals surface area (Å²) in [5.74, 6) is -2.41. The van der Waals surface area contributed by atoms with E-state index < -0.39 is 51.1 Å². The number of carboxylic acid groups (broad SMARTS) is 1. The van der Waals surface area contributed by atoms with E-state index in [4.69, 9.17) is 29.6 Å². The molecule has 5 atom stereocenters. The molecule has 0 aliphatic carbocycles. The molecule has 55 heavy (non-hydrogen) atoms. The van der Waals surface area contributed by atoms with E-state index in [1.165, 1.54) is 64.2 Å². The minimum Gasteiger partial charge on any atom is -0.480 e. The summed E-state index contributed by atoms with van der Waals surface area (Å²) in [4.78, 5) is 46.0. The second-order valence-electron chi connectivity index (χ2n) is 14.9. The first-order valence-electron chi connectivity index (χ1n) is 21.5. The zero-order valence-electron chi connectivity index (χ0n) is 34.2. The SMILES string of the molecule is CCCCC/C=C\CC1OC1CCCCCCCC(=O)OC[C@H](COP(=O)(O)OC[C@H](N)C(=O)O)OC(=O)CCCCCCCCC/C=C\CCCCCC. The van der Waals surface area contributed by atoms with Gasteiger partial charge in [-0.25, -0.2) is 4.57 Å². The van der Waals surface area contributed by atoms with Crippen LogP contribution in [0.5, 0.6) is 0 Å². The number of epoxide rings is 1. The predicted molar refractivity (Wildman–Crippen MR) is 217 cm³/mol. The number of phosphoric ester groups is 1. The topological polar surface area (TPSA) is 184 Å². The van der Waals surface area contributed by atoms with Gasteiger partial charge in [-0.1, -0.05) is 128 Å². The number of nitrogens with two attached hydrogens (primary N) is 1. The van der Waals surface area contributed by atoms with Crippen LogP contribution in [0.2, 0.25) is 0 Å². The first-order valence-corrected chi connectivity index (χ1v) is 23.0. The van der Waals surface area contributed by atoms with Gasteiger partial charge >= 0.3 is 25.7 Å². The van der Waals surface area contributed by atoms with Crippen LogP contribution in [0.1, 0.15) is 181 Å². The Hall–Kier alpha value is -2.08. The number of hydrogen-bond acceptors (Lipinski definition) is 10. The maximum Gasteiger partial charge on any atom is 0.472 e. The van der Waals surface area contributed by atoms with Crippen LogP contribution in [0.4, 0.5) is 0 Å². The molecular weight excluding hydrogens is 725 g/mol. The van der Waals surface area contributed by atoms with Gasteiger partial charge in [0.1, 0.15) is 12.6 Å². The van der Waals surface area contributed by atoms with Gasteiger partial charge in [0.05, 0.1) is 25.4 Å². The highest BCUT2D eigenvalue weighted by Gasteiger charge is 2.36. The van der Waals surface area contributed by atoms with Crippen LogP contribution in [-0.2, 0) is 42.2 Å². The number of allylic oxidation sites excluding steroid dienone is 3. The molecule has 1 saturated heterocycles. The molecule has 13 heteroatoms. The van der Waals surface area contributed by atoms with Gasteiger partial charge in [0, 0.05) is 12.8 Å². The number of rotatable bonds is 39. The van der Waals surface area contributed by atoms with E-state index in [2.05, 4.69) is 42.7 Å². The summed E-state index contributed by atoms with van der Waals surface area (Å²) in [6, 6.07) is -1.53. The largest absolute Gasteiger partial charge is 0.480 e. The van der Waals surface area contributed by atoms with E-state index in [0.29, 0.717) is 25.0 Å². The molecule has 1 rings (SSSR count). The third kappa shape index (κ3) is 31.7. The number of unbranched alkanes of at least 4 members (excludes halogenated alkanes) is 18. The molecule has 0 radical (unpaired) electrons. The number of carboxylic acids is 1. The minimum atomic E-state index is -4.72. The first kappa shape index (κ1) is 50.9. The molecule has 4 N–H and O–H groups in total. The van der Waals surface area contributed by atoms with Crippen molar-refractivity contribution in [2.24, 2.45) is 5.73 Å². The number of ether oxygens (including phenoxy) is 3. The normalized spacial score (nSPS) is 17.7. The van der Waals surface area contributed by atoms with Crippen LogP contribution < -0.4 is 5.73 Å². The Morgan fingerprint density at radius 3 is 1.76 bits per heavy atom. The van der Waals surface area contributed by atoms with Crippen LogP contribution in [-0.4, -0.2) is 72.1 Å². The van der Waals surface area contributed by atoms with E-state index >= 15 is 0 Å². The Kier molecular flexibility index (Phi) is 31.5. The first-order chi connectivity index (χ1) is 26.6. The maximum atomic E-state index is 12.6. The van der Waals surface area contributed by atoms with Crippen LogP contribution in [0, 0.1) is 0 Å². The Balaban J connectivity index is 2.29. The van der Waals surface area contributed by atoms with Gasteiger partial charge < -0.3 is 29.9 Å². The second kappa shape index (κ2) is 34.0. The molecule has 12 nitrogen and oxygen atoms in total. The Bertz CT molecular complexity index is 1100. The van der Waals surface area contributed by atoms with Crippen molar-refractivity contribution in [2.45, 2.75) is 205 Å². The van der Waals surface area contributed by atoms with Crippen LogP contribution in [0.3, 0.4) is 0 Å². The lowest BCUT2D eigenvalue weighted by atomic mass is 10.1. The summed E-state index contributed by atoms with van der Waals surface area (Å²) in [6.45, 7) is 2.73. The number of carbonyl (C=O) groups excluding carboxylic acids is 2. The van der Waals surface area contributed by atoms with Crippen molar-refractivity contribution >= 4 is 25.7 Å². The van der Waals surface area contributed by atoms with E-state index in [0.717, 1.165) is 77.0 Å². The number of esters is 2. The molecule has 0 aromatic carbocycles. The van der Waals surface area contributed by atoms with Crippen molar-refractivity contribution in [2.75, 3.05) is 19.8 Å². The average Bonchev–Trinajstić information content (AvgIpc) is 3.91. The van der Waals surface area contributed by atoms with E-state index in [-0.39, 0.29) is 19.4 Å². The van der Waals surface area contributed by atoms with E-state index in [9.17, 15) is 23.8 Å². The molecule has 1 aliphatic heterocycles. The molecule has 1 heterocycles. The molecule has 0 spiro atoms. The Morgan fingerprint density at radius 1 is 0.655 bits per heavy atom. The molecule has 0 amide bonds. The molecule has 320 valence electrons. The fourth-order valence-electron chi connectivity index (χ4n) is 6.07. The van der Waals surface area contributed by atoms with E-state index in [1.807, 2.05) is 0 Å². The van der Waals surface area contributed by atoms with Gasteiger partial charge in [0.15, 0.2) is 6.10 Å². The summed E-state index contributed by atoms with van der Waals surface area (Å²) in [7, 11) is -4.72. The maximum absolute atomic E-state index is 12.6. The monoisotopic (exact) mass is 802 g/mol. The van der Waals surface area contributed by atoms with Gasteiger partial charge in [-0.05, 0) is 64.2 Å². The highest BCUT2D eigenvalue weighted by atomic mass is 31.2. The van der Waals surface area contributed by atoms with Crippen molar-refractivity contribution in [1.29, 1.82) is 0 Å². The number of aliphatic carboxylic acids is 1. The fraction of sp³-hybridized carbons (Fsp3) is 0.833. The molecule has 1 aliphatic rings. The molecule has 0 aromatic rings. The summed E-state index contributed by atoms with van der Waals surface area (Å²) >= 11 is 0. The van der Waals surface area contributed by atoms with Gasteiger partial charge in [-0.15, -0.1) is 0 Å². The van der Waals surface area contributed by atoms with Gasteiger partial charge in [-0.2, -0.15) is 0 Å². The molecule has 3 unspecified atom stereocenters. The molecule has 0 aromatic heterocycles. The van der Waals surface area contributed by atoms with Crippen molar-refractivity contribution in [1.82, 2.24) is 0 Å². The van der Waals surface area contributed by atoms with Crippen molar-refractivity contribution < 1.29 is 52.2 Å². The highest BCUT2D eigenvalue weighted by Crippen LogP contribution is 2.43. The molecule has 1 fully saturated rings. The Morgan fingerprint density at radius 2 is 1.15 bits per heavy atom. The zero-order valence-corrected chi connectivity index (χ0v) is 35.1. The number of carbonyl (C=O) groups is 3. The second-order valence-corrected chi connectivity index (χ2v) is 16.3. The van der Waals surface area contributed by atoms with Gasteiger partial charge in [0.25, 0.3) is 0 Å². The smallest absolute Gasteiger partial charge is 0.472 e. The third-order valence-electron chi connectivity index (χ3n) is 9.60. The molecular formula is C42H76NO11P. The predicted octanol–water partition coefficient (Wildman–Crippen LogP) is 10.0. The van der Waals surface area contributed by atoms with Crippen LogP contribution >= 0.6 is 7.82 Å². The van der Waals surface area contributed by atoms with Gasteiger partial charge in [0.2, 0.25) is 0 Å². The van der Waals surface area contributed by atoms with Crippen LogP contribution in [0.15, 0.2) is 24.3 Å². The standard InChI is InChI=1S/C42H76NO11P/c1-3-5-7-9-11-12-13-14-15-16-17-18-19-23-28-32-41(45)53-36(34-51-55(48,49)52-35-37(43)42(46)47)33-50-40(44)31-27-24-20-22-26-30-39-38(54-39)29-25-21-10-8-6-4-2/h12-13,21,25,36-39H,3-11,14-20,22-24,26-35,43H2,1-2H3,(H,46,47)(H,48,49)/b13-12-,25-21-/t36-,37+,38?,39?/m1/s1. The van der Waals surface area contributed by atoms with Crippen molar-refractivity contribution in [3.8, 4) is 0 Å². The molecule has 0 bridgehead atoms. The summed E-state index contributed by atoms with van der Waals surface area (Å²) in [5.41, 5.74) is 5.33. The third-order valence-corrected chi connectivity index (χ3v) is 10.5. The lowest BCUT2D eigenvalue weighted by molar-refractivity contribution is -0.161. The lowest BCUT2D eigenvalue weighted by Crippen LogP contribution is -2.34. The van der Waals surface area contributed by atoms with Crippen molar-refractivity contribution in [3.63, 3.8) is 0 Å². The zero-order chi connectivity index (χ0) is 40.4. The summed E-state index contributed by atoms with van der Waals surface area (Å²) in [5, 5.41) is 8.89. The van der Waals surface area contributed by atoms with Gasteiger partial charge in [-0.3, -0.25) is 23.4 Å². The lowest BCUT2D eigenvalue weighted by Gasteiger charge is -2.20. The highest BCUT2D eigenvalue weighted by molar-refractivity contribution is 7.47. The average molecular weight is 802 g/mol. The number of hydrogen-bond donors (Lipinski definition) is 3.